The summed E-state index contributed by atoms with van der Waals surface area (Å²) in [5, 5.41) is 20.0. The molecule has 28 heavy (non-hydrogen) atoms. The van der Waals surface area contributed by atoms with Gasteiger partial charge in [0, 0.05) is 10.0 Å². The monoisotopic (exact) mass is 410 g/mol. The van der Waals surface area contributed by atoms with Crippen LogP contribution in [0.1, 0.15) is 62.5 Å². The average molecular weight is 411 g/mol. The SMILES string of the molecule is N#CC1(c2ccc(Cl)cc2)CCCC1.N#CC1(c2ccc(Cl)cc2)CCCC1. The molecule has 0 atom stereocenters. The van der Waals surface area contributed by atoms with Gasteiger partial charge in [0.1, 0.15) is 0 Å². The normalized spacial score (nSPS) is 19.1. The van der Waals surface area contributed by atoms with Crippen molar-refractivity contribution in [3.05, 3.63) is 69.7 Å². The van der Waals surface area contributed by atoms with Crippen molar-refractivity contribution in [2.75, 3.05) is 0 Å². The highest BCUT2D eigenvalue weighted by Crippen LogP contribution is 2.41. The molecule has 0 N–H and O–H groups in total. The van der Waals surface area contributed by atoms with E-state index in [4.69, 9.17) is 23.2 Å². The molecule has 0 aromatic heterocycles. The lowest BCUT2D eigenvalue weighted by Crippen LogP contribution is -2.18. The number of nitrogens with zero attached hydrogens (tertiary/aromatic N) is 2. The maximum absolute atomic E-state index is 9.26. The van der Waals surface area contributed by atoms with Crippen molar-refractivity contribution in [1.82, 2.24) is 0 Å². The quantitative estimate of drug-likeness (QED) is 0.519. The first-order valence-electron chi connectivity index (χ1n) is 9.88. The molecule has 0 spiro atoms. The van der Waals surface area contributed by atoms with Crippen molar-refractivity contribution in [1.29, 1.82) is 10.5 Å². The van der Waals surface area contributed by atoms with Gasteiger partial charge in [-0.15, -0.1) is 0 Å². The van der Waals surface area contributed by atoms with Crippen LogP contribution in [0.15, 0.2) is 48.5 Å². The van der Waals surface area contributed by atoms with Crippen molar-refractivity contribution in [2.45, 2.75) is 62.2 Å². The zero-order valence-corrected chi connectivity index (χ0v) is 17.4. The molecule has 0 unspecified atom stereocenters. The van der Waals surface area contributed by atoms with E-state index in [1.54, 1.807) is 0 Å². The summed E-state index contributed by atoms with van der Waals surface area (Å²) in [6.07, 6.45) is 8.62. The maximum atomic E-state index is 9.26. The third-order valence-electron chi connectivity index (χ3n) is 6.14. The van der Waals surface area contributed by atoms with Crippen molar-refractivity contribution >= 4 is 23.2 Å². The summed E-state index contributed by atoms with van der Waals surface area (Å²) >= 11 is 11.6. The van der Waals surface area contributed by atoms with Gasteiger partial charge in [-0.1, -0.05) is 73.2 Å². The van der Waals surface area contributed by atoms with E-state index in [-0.39, 0.29) is 10.8 Å². The van der Waals surface area contributed by atoms with E-state index in [2.05, 4.69) is 12.1 Å². The summed E-state index contributed by atoms with van der Waals surface area (Å²) in [6.45, 7) is 0. The minimum atomic E-state index is -0.232. The molecule has 4 rings (SSSR count). The predicted molar refractivity (Wildman–Crippen MR) is 114 cm³/mol. The second-order valence-corrected chi connectivity index (χ2v) is 8.69. The molecule has 0 bridgehead atoms. The van der Waals surface area contributed by atoms with Crippen molar-refractivity contribution < 1.29 is 0 Å². The molecule has 144 valence electrons. The fourth-order valence-corrected chi connectivity index (χ4v) is 4.68. The first-order valence-corrected chi connectivity index (χ1v) is 10.6. The van der Waals surface area contributed by atoms with Gasteiger partial charge in [0.05, 0.1) is 23.0 Å². The number of halogens is 2. The minimum Gasteiger partial charge on any atom is -0.197 e. The van der Waals surface area contributed by atoms with Gasteiger partial charge >= 0.3 is 0 Å². The fourth-order valence-electron chi connectivity index (χ4n) is 4.43. The van der Waals surface area contributed by atoms with Crippen molar-refractivity contribution in [2.24, 2.45) is 0 Å². The van der Waals surface area contributed by atoms with Gasteiger partial charge in [0.25, 0.3) is 0 Å². The summed E-state index contributed by atoms with van der Waals surface area (Å²) < 4.78 is 0. The molecule has 0 radical (unpaired) electrons. The Kier molecular flexibility index (Phi) is 6.66. The second-order valence-electron chi connectivity index (χ2n) is 7.82. The highest BCUT2D eigenvalue weighted by atomic mass is 35.5. The largest absolute Gasteiger partial charge is 0.197 e. The predicted octanol–water partition coefficient (Wildman–Crippen LogP) is 7.35. The number of benzene rings is 2. The summed E-state index contributed by atoms with van der Waals surface area (Å²) in [5.74, 6) is 0. The Morgan fingerprint density at radius 1 is 0.571 bits per heavy atom. The topological polar surface area (TPSA) is 47.6 Å². The zero-order chi connectivity index (χ0) is 20.0. The third-order valence-corrected chi connectivity index (χ3v) is 6.64. The molecule has 2 fully saturated rings. The van der Waals surface area contributed by atoms with Gasteiger partial charge < -0.3 is 0 Å². The highest BCUT2D eigenvalue weighted by Gasteiger charge is 2.36. The first-order chi connectivity index (χ1) is 13.5. The molecule has 2 aromatic rings. The van der Waals surface area contributed by atoms with Crippen LogP contribution in [0.5, 0.6) is 0 Å². The number of nitriles is 2. The van der Waals surface area contributed by atoms with Crippen LogP contribution in [0, 0.1) is 22.7 Å². The number of hydrogen-bond acceptors (Lipinski definition) is 2. The van der Waals surface area contributed by atoms with Crippen molar-refractivity contribution in [3.8, 4) is 12.1 Å². The Morgan fingerprint density at radius 2 is 0.857 bits per heavy atom. The Morgan fingerprint density at radius 3 is 1.11 bits per heavy atom. The lowest BCUT2D eigenvalue weighted by Gasteiger charge is -2.20. The van der Waals surface area contributed by atoms with Crippen LogP contribution in [0.4, 0.5) is 0 Å². The molecular formula is C24H24Cl2N2. The summed E-state index contributed by atoms with van der Waals surface area (Å²) in [6, 6.07) is 20.3. The first kappa shape index (κ1) is 20.7. The number of rotatable bonds is 2. The summed E-state index contributed by atoms with van der Waals surface area (Å²) in [4.78, 5) is 0. The molecule has 2 aromatic carbocycles. The molecule has 0 saturated heterocycles. The molecule has 0 heterocycles. The van der Waals surface area contributed by atoms with Gasteiger partial charge in [-0.2, -0.15) is 10.5 Å². The maximum Gasteiger partial charge on any atom is 0.0822 e. The van der Waals surface area contributed by atoms with Crippen LogP contribution in [0.25, 0.3) is 0 Å². The molecule has 2 nitrogen and oxygen atoms in total. The van der Waals surface area contributed by atoms with E-state index in [0.717, 1.165) is 72.5 Å². The summed E-state index contributed by atoms with van der Waals surface area (Å²) in [7, 11) is 0. The van der Waals surface area contributed by atoms with Crippen molar-refractivity contribution in [3.63, 3.8) is 0 Å². The van der Waals surface area contributed by atoms with Crippen LogP contribution in [0.2, 0.25) is 10.0 Å². The van der Waals surface area contributed by atoms with E-state index >= 15 is 0 Å². The van der Waals surface area contributed by atoms with E-state index in [1.165, 1.54) is 0 Å². The van der Waals surface area contributed by atoms with Crippen LogP contribution in [0.3, 0.4) is 0 Å². The molecule has 0 aliphatic heterocycles. The smallest absolute Gasteiger partial charge is 0.0822 e. The van der Waals surface area contributed by atoms with E-state index in [0.29, 0.717) is 0 Å². The van der Waals surface area contributed by atoms with E-state index < -0.39 is 0 Å². The Balaban J connectivity index is 0.000000161. The van der Waals surface area contributed by atoms with Gasteiger partial charge in [0.2, 0.25) is 0 Å². The molecule has 2 aliphatic carbocycles. The Bertz CT molecular complexity index is 785. The van der Waals surface area contributed by atoms with Crippen LogP contribution in [-0.2, 0) is 10.8 Å². The van der Waals surface area contributed by atoms with Crippen LogP contribution < -0.4 is 0 Å². The highest BCUT2D eigenvalue weighted by molar-refractivity contribution is 6.30. The van der Waals surface area contributed by atoms with Crippen LogP contribution >= 0.6 is 23.2 Å². The lowest BCUT2D eigenvalue weighted by atomic mass is 9.80. The fraction of sp³-hybridized carbons (Fsp3) is 0.417. The standard InChI is InChI=1S/2C12H12ClN/c2*13-11-5-3-10(4-6-11)12(9-14)7-1-2-8-12/h2*3-6H,1-2,7-8H2. The Hall–Kier alpha value is -2.00. The molecule has 2 aliphatic rings. The zero-order valence-electron chi connectivity index (χ0n) is 15.9. The molecule has 2 saturated carbocycles. The molecule has 4 heteroatoms. The molecular weight excluding hydrogens is 387 g/mol. The number of hydrogen-bond donors (Lipinski definition) is 0. The van der Waals surface area contributed by atoms with Gasteiger partial charge in [0.15, 0.2) is 0 Å². The molecule has 0 amide bonds. The minimum absolute atomic E-state index is 0.232. The lowest BCUT2D eigenvalue weighted by molar-refractivity contribution is 0.573. The van der Waals surface area contributed by atoms with Gasteiger partial charge in [-0.25, -0.2) is 0 Å². The van der Waals surface area contributed by atoms with Gasteiger partial charge in [-0.05, 0) is 61.1 Å². The summed E-state index contributed by atoms with van der Waals surface area (Å²) in [5.41, 5.74) is 1.79. The average Bonchev–Trinajstić information content (AvgIpc) is 3.40. The van der Waals surface area contributed by atoms with Crippen LogP contribution in [-0.4, -0.2) is 0 Å². The van der Waals surface area contributed by atoms with Gasteiger partial charge in [-0.3, -0.25) is 0 Å². The third kappa shape index (κ3) is 4.35. The van der Waals surface area contributed by atoms with E-state index in [1.807, 2.05) is 48.5 Å². The Labute approximate surface area is 177 Å². The second kappa shape index (κ2) is 9.00. The van der Waals surface area contributed by atoms with E-state index in [9.17, 15) is 10.5 Å².